The van der Waals surface area contributed by atoms with E-state index in [1.54, 1.807) is 6.20 Å². The molecule has 1 unspecified atom stereocenters. The Morgan fingerprint density at radius 1 is 1.20 bits per heavy atom. The summed E-state index contributed by atoms with van der Waals surface area (Å²) in [5.41, 5.74) is 0.879. The molecule has 2 aromatic heterocycles. The van der Waals surface area contributed by atoms with Crippen LogP contribution >= 0.6 is 7.60 Å². The lowest BCUT2D eigenvalue weighted by Crippen LogP contribution is -2.30. The van der Waals surface area contributed by atoms with Crippen molar-refractivity contribution in [2.75, 3.05) is 12.8 Å². The van der Waals surface area contributed by atoms with E-state index in [1.165, 1.54) is 6.33 Å². The number of fused-ring (bicyclic) bond motifs is 2. The van der Waals surface area contributed by atoms with Crippen LogP contribution in [0.15, 0.2) is 17.3 Å². The molecule has 0 radical (unpaired) electrons. The summed E-state index contributed by atoms with van der Waals surface area (Å²) in [7, 11) is -4.33. The molecule has 0 amide bonds. The first-order valence-corrected chi connectivity index (χ1v) is 9.33. The monoisotopic (exact) mass is 373 g/mol. The van der Waals surface area contributed by atoms with E-state index < -0.39 is 44.5 Å². The summed E-state index contributed by atoms with van der Waals surface area (Å²) in [6.45, 7) is -0.347. The van der Waals surface area contributed by atoms with Gasteiger partial charge in [-0.25, -0.2) is 4.98 Å². The van der Waals surface area contributed by atoms with Gasteiger partial charge in [0.2, 0.25) is 0 Å². The van der Waals surface area contributed by atoms with Crippen LogP contribution in [-0.2, 0) is 18.8 Å². The van der Waals surface area contributed by atoms with E-state index in [0.717, 1.165) is 0 Å². The molecule has 4 rings (SSSR count). The second-order valence-corrected chi connectivity index (χ2v) is 7.65. The van der Waals surface area contributed by atoms with Gasteiger partial charge in [-0.15, -0.1) is 0 Å². The molecule has 0 bridgehead atoms. The minimum absolute atomic E-state index is 0.274. The van der Waals surface area contributed by atoms with Crippen LogP contribution in [0.1, 0.15) is 11.7 Å². The minimum atomic E-state index is -4.33. The second kappa shape index (κ2) is 5.99. The fourth-order valence-corrected chi connectivity index (χ4v) is 3.85. The molecule has 136 valence electrons. The first kappa shape index (κ1) is 16.9. The highest BCUT2D eigenvalue weighted by Crippen LogP contribution is 2.46. The number of ether oxygens (including phenoxy) is 3. The molecule has 5 N–H and O–H groups in total. The zero-order valence-electron chi connectivity index (χ0n) is 12.7. The number of aliphatic hydroxyl groups excluding tert-OH is 1. The molecule has 2 fully saturated rings. The molecule has 0 aromatic carbocycles. The van der Waals surface area contributed by atoms with Gasteiger partial charge in [-0.3, -0.25) is 9.36 Å². The zero-order chi connectivity index (χ0) is 17.8. The number of nitrogens with zero attached hydrogens (tertiary/aromatic N) is 1. The molecule has 12 heteroatoms. The Morgan fingerprint density at radius 2 is 1.96 bits per heavy atom. The third-order valence-corrected chi connectivity index (χ3v) is 5.07. The zero-order valence-corrected chi connectivity index (χ0v) is 13.6. The fraction of sp³-hybridized carbons (Fsp3) is 0.538. The summed E-state index contributed by atoms with van der Waals surface area (Å²) >= 11 is 0. The van der Waals surface area contributed by atoms with E-state index in [4.69, 9.17) is 24.0 Å². The molecular formula is C13H16N3O8P. The van der Waals surface area contributed by atoms with E-state index in [2.05, 4.69) is 15.0 Å². The first-order chi connectivity index (χ1) is 11.9. The Labute approximate surface area is 140 Å². The van der Waals surface area contributed by atoms with Crippen LogP contribution in [-0.4, -0.2) is 67.2 Å². The van der Waals surface area contributed by atoms with Crippen LogP contribution in [0.4, 0.5) is 0 Å². The van der Waals surface area contributed by atoms with Crippen molar-refractivity contribution in [3.8, 4) is 0 Å². The second-order valence-electron chi connectivity index (χ2n) is 5.96. The van der Waals surface area contributed by atoms with Gasteiger partial charge in [0.05, 0.1) is 12.9 Å². The van der Waals surface area contributed by atoms with Crippen molar-refractivity contribution in [2.45, 2.75) is 30.7 Å². The quantitative estimate of drug-likeness (QED) is 0.421. The van der Waals surface area contributed by atoms with Crippen LogP contribution in [0.3, 0.4) is 0 Å². The maximum absolute atomic E-state index is 11.8. The summed E-state index contributed by atoms with van der Waals surface area (Å²) in [6, 6.07) is 0. The lowest BCUT2D eigenvalue weighted by atomic mass is 10.0. The molecule has 11 nitrogen and oxygen atoms in total. The minimum Gasteiger partial charge on any atom is -0.394 e. The number of aliphatic hydroxyl groups is 1. The molecule has 2 aliphatic rings. The highest BCUT2D eigenvalue weighted by atomic mass is 31.2. The van der Waals surface area contributed by atoms with E-state index in [0.29, 0.717) is 11.1 Å². The summed E-state index contributed by atoms with van der Waals surface area (Å²) in [5.74, 6) is 0. The van der Waals surface area contributed by atoms with E-state index in [9.17, 15) is 14.5 Å². The van der Waals surface area contributed by atoms with Gasteiger partial charge < -0.3 is 39.1 Å². The topological polar surface area (TPSA) is 167 Å². The van der Waals surface area contributed by atoms with Gasteiger partial charge in [-0.1, -0.05) is 0 Å². The average Bonchev–Trinajstić information content (AvgIpc) is 3.19. The molecule has 2 saturated heterocycles. The summed E-state index contributed by atoms with van der Waals surface area (Å²) in [5, 5.41) is 9.51. The van der Waals surface area contributed by atoms with Gasteiger partial charge in [0.15, 0.2) is 6.29 Å². The molecule has 4 heterocycles. The summed E-state index contributed by atoms with van der Waals surface area (Å²) in [4.78, 5) is 39.4. The lowest BCUT2D eigenvalue weighted by molar-refractivity contribution is -0.128. The molecule has 2 aromatic rings. The SMILES string of the molecule is O=c1[nH]cnc2c([C@@H]3O[C@H](CO)[C@@H]4O[C@@H](CP(=O)(O)O)OC43)c[nH]c12. The highest BCUT2D eigenvalue weighted by molar-refractivity contribution is 7.51. The Bertz CT molecular complexity index is 891. The number of aromatic amines is 2. The highest BCUT2D eigenvalue weighted by Gasteiger charge is 2.54. The normalized spacial score (nSPS) is 32.4. The molecule has 0 saturated carbocycles. The largest absolute Gasteiger partial charge is 0.394 e. The number of hydrogen-bond acceptors (Lipinski definition) is 7. The smallest absolute Gasteiger partial charge is 0.330 e. The first-order valence-electron chi connectivity index (χ1n) is 7.54. The molecule has 0 spiro atoms. The maximum atomic E-state index is 11.8. The average molecular weight is 373 g/mol. The predicted octanol–water partition coefficient (Wildman–Crippen LogP) is -1.03. The van der Waals surface area contributed by atoms with Gasteiger partial charge in [-0.05, 0) is 0 Å². The number of H-pyrrole nitrogens is 2. The van der Waals surface area contributed by atoms with Crippen molar-refractivity contribution in [3.63, 3.8) is 0 Å². The Balaban J connectivity index is 1.67. The standard InChI is InChI=1S/C13H16N3O8P/c17-2-6-11-12(24-7(23-11)3-25(19,20)21)10(22-6)5-1-14-9-8(5)15-4-16-13(9)18/h1,4,6-7,10-12,14,17H,2-3H2,(H,15,16,18)(H2,19,20,21)/t6-,7-,10+,11+,12?/m1/s1. The molecule has 2 aliphatic heterocycles. The number of hydrogen-bond donors (Lipinski definition) is 5. The van der Waals surface area contributed by atoms with Gasteiger partial charge in [0.25, 0.3) is 5.56 Å². The fourth-order valence-electron chi connectivity index (χ4n) is 3.29. The maximum Gasteiger partial charge on any atom is 0.330 e. The van der Waals surface area contributed by atoms with Gasteiger partial charge in [0.1, 0.15) is 41.6 Å². The third-order valence-electron chi connectivity index (χ3n) is 4.30. The molecule has 25 heavy (non-hydrogen) atoms. The van der Waals surface area contributed by atoms with Gasteiger partial charge in [0, 0.05) is 11.8 Å². The van der Waals surface area contributed by atoms with Crippen molar-refractivity contribution in [1.82, 2.24) is 15.0 Å². The molecule has 0 aliphatic carbocycles. The molecular weight excluding hydrogens is 357 g/mol. The lowest BCUT2D eigenvalue weighted by Gasteiger charge is -2.19. The van der Waals surface area contributed by atoms with Crippen molar-refractivity contribution in [2.24, 2.45) is 0 Å². The molecule has 5 atom stereocenters. The van der Waals surface area contributed by atoms with Gasteiger partial charge in [-0.2, -0.15) is 0 Å². The Hall–Kier alpha value is -1.59. The van der Waals surface area contributed by atoms with Gasteiger partial charge >= 0.3 is 7.60 Å². The van der Waals surface area contributed by atoms with Crippen LogP contribution < -0.4 is 5.56 Å². The van der Waals surface area contributed by atoms with Crippen LogP contribution in [0.5, 0.6) is 0 Å². The van der Waals surface area contributed by atoms with Crippen LogP contribution in [0, 0.1) is 0 Å². The van der Waals surface area contributed by atoms with E-state index in [-0.39, 0.29) is 17.7 Å². The van der Waals surface area contributed by atoms with Crippen LogP contribution in [0.25, 0.3) is 11.0 Å². The number of nitrogens with one attached hydrogen (secondary N) is 2. The summed E-state index contributed by atoms with van der Waals surface area (Å²) in [6.07, 6.45) is -1.65. The van der Waals surface area contributed by atoms with E-state index >= 15 is 0 Å². The predicted molar refractivity (Wildman–Crippen MR) is 81.9 cm³/mol. The van der Waals surface area contributed by atoms with Crippen molar-refractivity contribution in [3.05, 3.63) is 28.4 Å². The van der Waals surface area contributed by atoms with Crippen molar-refractivity contribution >= 4 is 18.6 Å². The third kappa shape index (κ3) is 2.93. The van der Waals surface area contributed by atoms with E-state index in [1.807, 2.05) is 0 Å². The van der Waals surface area contributed by atoms with Crippen molar-refractivity contribution in [1.29, 1.82) is 0 Å². The Morgan fingerprint density at radius 3 is 2.68 bits per heavy atom. The van der Waals surface area contributed by atoms with Crippen molar-refractivity contribution < 1.29 is 33.7 Å². The summed E-state index contributed by atoms with van der Waals surface area (Å²) < 4.78 is 28.1. The number of aromatic nitrogens is 3. The van der Waals surface area contributed by atoms with Crippen LogP contribution in [0.2, 0.25) is 0 Å². The number of rotatable bonds is 4. The Kier molecular flexibility index (Phi) is 4.04.